The van der Waals surface area contributed by atoms with Crippen LogP contribution >= 0.6 is 0 Å². The number of hydrogen-bond donors (Lipinski definition) is 1. The van der Waals surface area contributed by atoms with Crippen LogP contribution in [0.4, 0.5) is 5.82 Å². The van der Waals surface area contributed by atoms with Crippen molar-refractivity contribution in [2.24, 2.45) is 5.92 Å². The van der Waals surface area contributed by atoms with Crippen LogP contribution in [-0.4, -0.2) is 50.3 Å². The summed E-state index contributed by atoms with van der Waals surface area (Å²) in [4.78, 5) is 2.46. The number of piperidine rings is 1. The van der Waals surface area contributed by atoms with Gasteiger partial charge in [0.1, 0.15) is 5.82 Å². The minimum absolute atomic E-state index is 0.434. The summed E-state index contributed by atoms with van der Waals surface area (Å²) in [5.41, 5.74) is 2.04. The molecule has 1 fully saturated rings. The van der Waals surface area contributed by atoms with Gasteiger partial charge >= 0.3 is 0 Å². The van der Waals surface area contributed by atoms with Gasteiger partial charge in [-0.25, -0.2) is 0 Å². The summed E-state index contributed by atoms with van der Waals surface area (Å²) in [6.07, 6.45) is 2.44. The summed E-state index contributed by atoms with van der Waals surface area (Å²) in [5.74, 6) is 1.34. The lowest BCUT2D eigenvalue weighted by Crippen LogP contribution is -2.39. The van der Waals surface area contributed by atoms with E-state index in [0.29, 0.717) is 17.6 Å². The Kier molecular flexibility index (Phi) is 4.08. The van der Waals surface area contributed by atoms with Gasteiger partial charge in [0, 0.05) is 12.6 Å². The van der Waals surface area contributed by atoms with Crippen LogP contribution in [0.1, 0.15) is 24.4 Å². The molecule has 2 atom stereocenters. The third-order valence-electron chi connectivity index (χ3n) is 4.76. The average molecular weight is 323 g/mol. The summed E-state index contributed by atoms with van der Waals surface area (Å²) >= 11 is 0. The van der Waals surface area contributed by atoms with E-state index in [1.165, 1.54) is 23.0 Å². The predicted molar refractivity (Wildman–Crippen MR) is 91.6 cm³/mol. The monoisotopic (exact) mass is 323 g/mol. The molecule has 2 aromatic heterocycles. The van der Waals surface area contributed by atoms with Crippen LogP contribution in [0.15, 0.2) is 42.5 Å². The first-order valence-electron chi connectivity index (χ1n) is 8.36. The van der Waals surface area contributed by atoms with E-state index >= 15 is 0 Å². The van der Waals surface area contributed by atoms with Crippen molar-refractivity contribution < 1.29 is 0 Å². The molecule has 1 aliphatic rings. The van der Waals surface area contributed by atoms with E-state index in [2.05, 4.69) is 68.2 Å². The minimum Gasteiger partial charge on any atom is -0.368 e. The first kappa shape index (κ1) is 15.0. The summed E-state index contributed by atoms with van der Waals surface area (Å²) in [6, 6.07) is 15.0. The number of benzene rings is 1. The summed E-state index contributed by atoms with van der Waals surface area (Å²) < 4.78 is 1.45. The van der Waals surface area contributed by atoms with Gasteiger partial charge in [-0.3, -0.25) is 4.90 Å². The molecule has 0 bridgehead atoms. The highest BCUT2D eigenvalue weighted by Crippen LogP contribution is 2.34. The minimum atomic E-state index is 0.434. The van der Waals surface area contributed by atoms with Crippen molar-refractivity contribution in [3.05, 3.63) is 48.0 Å². The van der Waals surface area contributed by atoms with E-state index in [4.69, 9.17) is 0 Å². The zero-order valence-electron chi connectivity index (χ0n) is 13.7. The second kappa shape index (κ2) is 6.52. The second-order valence-corrected chi connectivity index (χ2v) is 6.36. The zero-order chi connectivity index (χ0) is 16.4. The third kappa shape index (κ3) is 2.94. The number of nitrogens with one attached hydrogen (secondary N) is 1. The normalized spacial score (nSPS) is 21.9. The molecule has 0 aliphatic carbocycles. The summed E-state index contributed by atoms with van der Waals surface area (Å²) in [6.45, 7) is 2.02. The highest BCUT2D eigenvalue weighted by Gasteiger charge is 2.30. The lowest BCUT2D eigenvalue weighted by molar-refractivity contribution is 0.128. The summed E-state index contributed by atoms with van der Waals surface area (Å²) in [5, 5.41) is 19.2. The maximum absolute atomic E-state index is 4.39. The number of likely N-dealkylation sites (tertiary alicyclic amines) is 1. The fourth-order valence-corrected chi connectivity index (χ4v) is 3.63. The van der Waals surface area contributed by atoms with Crippen LogP contribution in [0.5, 0.6) is 0 Å². The van der Waals surface area contributed by atoms with Crippen molar-refractivity contribution in [3.63, 3.8) is 0 Å². The van der Waals surface area contributed by atoms with Crippen molar-refractivity contribution in [2.75, 3.05) is 25.5 Å². The standard InChI is InChI=1S/C17H21N7/c1-23-11-5-8-14(17(23)13-6-3-2-4-7-13)12-18-15-9-10-16-19-21-22-24(16)20-15/h2-4,6-7,9-10,14,17H,5,8,11-12H2,1H3,(H,18,20)/t14-,17+/m0/s1. The molecule has 1 N–H and O–H groups in total. The van der Waals surface area contributed by atoms with E-state index in [1.54, 1.807) is 0 Å². The smallest absolute Gasteiger partial charge is 0.200 e. The first-order valence-corrected chi connectivity index (χ1v) is 8.36. The van der Waals surface area contributed by atoms with Crippen molar-refractivity contribution in [1.82, 2.24) is 30.2 Å². The molecule has 0 unspecified atom stereocenters. The molecule has 3 aromatic rings. The van der Waals surface area contributed by atoms with E-state index < -0.39 is 0 Å². The van der Waals surface area contributed by atoms with Crippen LogP contribution in [0.3, 0.4) is 0 Å². The molecule has 7 heteroatoms. The Bertz CT molecular complexity index is 801. The molecule has 0 radical (unpaired) electrons. The van der Waals surface area contributed by atoms with Gasteiger partial charge in [-0.15, -0.1) is 14.8 Å². The highest BCUT2D eigenvalue weighted by atomic mass is 15.6. The van der Waals surface area contributed by atoms with Crippen LogP contribution in [0, 0.1) is 5.92 Å². The molecule has 0 amide bonds. The largest absolute Gasteiger partial charge is 0.368 e. The molecule has 1 aliphatic heterocycles. The van der Waals surface area contributed by atoms with Crippen molar-refractivity contribution >= 4 is 11.5 Å². The first-order chi connectivity index (χ1) is 11.8. The zero-order valence-corrected chi connectivity index (χ0v) is 13.7. The van der Waals surface area contributed by atoms with E-state index in [0.717, 1.165) is 18.9 Å². The third-order valence-corrected chi connectivity index (χ3v) is 4.76. The lowest BCUT2D eigenvalue weighted by Gasteiger charge is -2.39. The van der Waals surface area contributed by atoms with Crippen LogP contribution in [0.25, 0.3) is 5.65 Å². The highest BCUT2D eigenvalue weighted by molar-refractivity contribution is 5.42. The quantitative estimate of drug-likeness (QED) is 0.792. The molecule has 24 heavy (non-hydrogen) atoms. The number of hydrogen-bond acceptors (Lipinski definition) is 6. The number of fused-ring (bicyclic) bond motifs is 1. The molecule has 1 aromatic carbocycles. The van der Waals surface area contributed by atoms with Gasteiger partial charge < -0.3 is 5.32 Å². The number of tetrazole rings is 1. The van der Waals surface area contributed by atoms with Gasteiger partial charge in [0.05, 0.1) is 0 Å². The van der Waals surface area contributed by atoms with Gasteiger partial charge in [-0.1, -0.05) is 30.3 Å². The SMILES string of the molecule is CN1CCC[C@@H](CNc2ccc3nnnn3n2)[C@H]1c1ccccc1. The fourth-order valence-electron chi connectivity index (χ4n) is 3.63. The Hall–Kier alpha value is -2.54. The Morgan fingerprint density at radius 3 is 2.92 bits per heavy atom. The maximum Gasteiger partial charge on any atom is 0.200 e. The topological polar surface area (TPSA) is 71.2 Å². The van der Waals surface area contributed by atoms with E-state index in [1.807, 2.05) is 12.1 Å². The Morgan fingerprint density at radius 2 is 2.04 bits per heavy atom. The second-order valence-electron chi connectivity index (χ2n) is 6.36. The van der Waals surface area contributed by atoms with Gasteiger partial charge in [-0.05, 0) is 60.5 Å². The molecule has 3 heterocycles. The Labute approximate surface area is 140 Å². The van der Waals surface area contributed by atoms with Gasteiger partial charge in [0.2, 0.25) is 0 Å². The molecular weight excluding hydrogens is 302 g/mol. The molecule has 0 spiro atoms. The van der Waals surface area contributed by atoms with Gasteiger partial charge in [0.25, 0.3) is 0 Å². The van der Waals surface area contributed by atoms with Crippen LogP contribution in [-0.2, 0) is 0 Å². The predicted octanol–water partition coefficient (Wildman–Crippen LogP) is 2.01. The molecule has 7 nitrogen and oxygen atoms in total. The molecular formula is C17H21N7. The number of nitrogens with zero attached hydrogens (tertiary/aromatic N) is 6. The molecule has 124 valence electrons. The van der Waals surface area contributed by atoms with Crippen LogP contribution < -0.4 is 5.32 Å². The van der Waals surface area contributed by atoms with Crippen molar-refractivity contribution in [1.29, 1.82) is 0 Å². The summed E-state index contributed by atoms with van der Waals surface area (Å²) in [7, 11) is 2.22. The number of anilines is 1. The molecule has 4 rings (SSSR count). The number of aromatic nitrogens is 5. The molecule has 1 saturated heterocycles. The van der Waals surface area contributed by atoms with Crippen molar-refractivity contribution in [3.8, 4) is 0 Å². The maximum atomic E-state index is 4.39. The Morgan fingerprint density at radius 1 is 1.17 bits per heavy atom. The van der Waals surface area contributed by atoms with E-state index in [-0.39, 0.29) is 0 Å². The fraction of sp³-hybridized carbons (Fsp3) is 0.412. The van der Waals surface area contributed by atoms with Crippen molar-refractivity contribution in [2.45, 2.75) is 18.9 Å². The average Bonchev–Trinajstić information content (AvgIpc) is 3.08. The van der Waals surface area contributed by atoms with Gasteiger partial charge in [-0.2, -0.15) is 0 Å². The van der Waals surface area contributed by atoms with Crippen LogP contribution in [0.2, 0.25) is 0 Å². The lowest BCUT2D eigenvalue weighted by atomic mass is 9.85. The Balaban J connectivity index is 1.50. The van der Waals surface area contributed by atoms with E-state index in [9.17, 15) is 0 Å². The molecule has 0 saturated carbocycles. The van der Waals surface area contributed by atoms with Gasteiger partial charge in [0.15, 0.2) is 5.65 Å². The number of rotatable bonds is 4.